The van der Waals surface area contributed by atoms with Gasteiger partial charge in [-0.15, -0.1) is 0 Å². The van der Waals surface area contributed by atoms with Crippen LogP contribution >= 0.6 is 8.58 Å². The molecule has 0 spiro atoms. The van der Waals surface area contributed by atoms with E-state index in [2.05, 4.69) is 60.6 Å². The topological polar surface area (TPSA) is 20.2 Å². The molecule has 0 aliphatic rings. The minimum Gasteiger partial charge on any atom is -0.507 e. The van der Waals surface area contributed by atoms with Crippen LogP contribution in [0.4, 0.5) is 13.2 Å². The van der Waals surface area contributed by atoms with Crippen LogP contribution < -0.4 is 5.30 Å². The Balaban J connectivity index is 2.90. The molecule has 0 saturated carbocycles. The van der Waals surface area contributed by atoms with Crippen molar-refractivity contribution in [1.82, 2.24) is 0 Å². The predicted molar refractivity (Wildman–Crippen MR) is 137 cm³/mol. The van der Waals surface area contributed by atoms with Crippen molar-refractivity contribution >= 4 is 13.9 Å². The van der Waals surface area contributed by atoms with E-state index >= 15 is 0 Å². The molecule has 2 rings (SSSR count). The highest BCUT2D eigenvalue weighted by atomic mass is 31.1. The molecule has 2 unspecified atom stereocenters. The fourth-order valence-electron chi connectivity index (χ4n) is 4.46. The molecule has 0 aliphatic carbocycles. The van der Waals surface area contributed by atoms with Gasteiger partial charge in [0.25, 0.3) is 0 Å². The molecule has 5 heteroatoms. The number of halogens is 3. The first kappa shape index (κ1) is 27.7. The lowest BCUT2D eigenvalue weighted by atomic mass is 9.76. The summed E-state index contributed by atoms with van der Waals surface area (Å²) in [6.45, 7) is 18.5. The quantitative estimate of drug-likeness (QED) is 0.410. The summed E-state index contributed by atoms with van der Waals surface area (Å²) in [5.74, 6) is 0.237. The van der Waals surface area contributed by atoms with Gasteiger partial charge in [0, 0.05) is 10.7 Å². The molecule has 1 nitrogen and oxygen atoms in total. The van der Waals surface area contributed by atoms with Crippen molar-refractivity contribution in [3.05, 3.63) is 58.1 Å². The van der Waals surface area contributed by atoms with Crippen LogP contribution in [0.5, 0.6) is 5.75 Å². The van der Waals surface area contributed by atoms with Gasteiger partial charge >= 0.3 is 6.18 Å². The van der Waals surface area contributed by atoms with Crippen molar-refractivity contribution < 1.29 is 18.3 Å². The third-order valence-corrected chi connectivity index (χ3v) is 8.79. The number of hydrogen-bond donors (Lipinski definition) is 1. The lowest BCUT2D eigenvalue weighted by molar-refractivity contribution is -0.136. The second kappa shape index (κ2) is 9.61. The summed E-state index contributed by atoms with van der Waals surface area (Å²) in [5, 5.41) is 11.3. The lowest BCUT2D eigenvalue weighted by Crippen LogP contribution is -2.29. The van der Waals surface area contributed by atoms with Crippen molar-refractivity contribution in [1.29, 1.82) is 0 Å². The van der Waals surface area contributed by atoms with Crippen LogP contribution in [0.25, 0.3) is 0 Å². The second-order valence-electron chi connectivity index (χ2n) is 11.2. The van der Waals surface area contributed by atoms with E-state index < -0.39 is 16.9 Å². The second-order valence-corrected chi connectivity index (χ2v) is 12.9. The molecular weight excluding hydrogens is 440 g/mol. The van der Waals surface area contributed by atoms with Gasteiger partial charge in [-0.3, -0.25) is 0 Å². The monoisotopic (exact) mass is 480 g/mol. The Labute approximate surface area is 200 Å². The van der Waals surface area contributed by atoms with E-state index in [0.717, 1.165) is 23.1 Å². The largest absolute Gasteiger partial charge is 0.507 e. The first-order valence-electron chi connectivity index (χ1n) is 11.8. The highest BCUT2D eigenvalue weighted by molar-refractivity contribution is 7.48. The molecule has 0 aromatic heterocycles. The zero-order chi connectivity index (χ0) is 25.4. The van der Waals surface area contributed by atoms with Crippen molar-refractivity contribution in [3.8, 4) is 5.75 Å². The summed E-state index contributed by atoms with van der Waals surface area (Å²) in [4.78, 5) is 0. The summed E-state index contributed by atoms with van der Waals surface area (Å²) in [6, 6.07) is 8.56. The third kappa shape index (κ3) is 5.94. The van der Waals surface area contributed by atoms with Crippen molar-refractivity contribution in [2.24, 2.45) is 0 Å². The van der Waals surface area contributed by atoms with Crippen LogP contribution in [0.2, 0.25) is 0 Å². The number of benzene rings is 2. The normalized spacial score (nSPS) is 15.3. The van der Waals surface area contributed by atoms with Crippen LogP contribution in [-0.2, 0) is 22.2 Å². The Hall–Kier alpha value is -1.54. The van der Waals surface area contributed by atoms with Gasteiger partial charge in [-0.05, 0) is 58.7 Å². The Kier molecular flexibility index (Phi) is 8.06. The molecule has 1 N–H and O–H groups in total. The number of phenolic OH excluding ortho intramolecular Hbond substituents is 1. The van der Waals surface area contributed by atoms with Gasteiger partial charge in [0.1, 0.15) is 5.75 Å². The summed E-state index contributed by atoms with van der Waals surface area (Å²) in [7, 11) is -0.103. The molecule has 2 atom stereocenters. The fraction of sp³-hybridized carbons (Fsp3) is 0.571. The maximum Gasteiger partial charge on any atom is 0.417 e. The Morgan fingerprint density at radius 3 is 1.88 bits per heavy atom. The van der Waals surface area contributed by atoms with Crippen LogP contribution in [0.15, 0.2) is 30.3 Å². The Morgan fingerprint density at radius 2 is 1.42 bits per heavy atom. The van der Waals surface area contributed by atoms with Crippen LogP contribution in [-0.4, -0.2) is 5.11 Å². The zero-order valence-corrected chi connectivity index (χ0v) is 22.6. The minimum atomic E-state index is -4.41. The van der Waals surface area contributed by atoms with Gasteiger partial charge in [-0.1, -0.05) is 94.7 Å². The fourth-order valence-corrected chi connectivity index (χ4v) is 6.46. The van der Waals surface area contributed by atoms with E-state index in [0.29, 0.717) is 23.7 Å². The number of rotatable bonds is 6. The SMILES string of the molecule is CCCC(CC)(Pc1c(C)cccc1C(F)(F)F)c1cc(C(C)(C)C)cc(C(C)(C)C)c1O. The molecule has 0 bridgehead atoms. The van der Waals surface area contributed by atoms with E-state index in [1.54, 1.807) is 13.0 Å². The van der Waals surface area contributed by atoms with Gasteiger partial charge in [0.05, 0.1) is 5.56 Å². The number of alkyl halides is 3. The molecular formula is C28H40F3OP. The highest BCUT2D eigenvalue weighted by Gasteiger charge is 2.40. The Morgan fingerprint density at radius 1 is 0.848 bits per heavy atom. The van der Waals surface area contributed by atoms with Gasteiger partial charge in [0.2, 0.25) is 0 Å². The molecule has 0 heterocycles. The van der Waals surface area contributed by atoms with Gasteiger partial charge < -0.3 is 5.11 Å². The predicted octanol–water partition coefficient (Wildman–Crippen LogP) is 8.72. The number of aryl methyl sites for hydroxylation is 1. The molecule has 184 valence electrons. The first-order chi connectivity index (χ1) is 15.0. The lowest BCUT2D eigenvalue weighted by Gasteiger charge is -2.38. The van der Waals surface area contributed by atoms with Crippen LogP contribution in [0.3, 0.4) is 0 Å². The summed E-state index contributed by atoms with van der Waals surface area (Å²) in [5.41, 5.74) is 2.38. The van der Waals surface area contributed by atoms with Crippen molar-refractivity contribution in [2.45, 2.75) is 104 Å². The summed E-state index contributed by atoms with van der Waals surface area (Å²) < 4.78 is 41.9. The maximum atomic E-state index is 14.0. The zero-order valence-electron chi connectivity index (χ0n) is 21.6. The molecule has 0 radical (unpaired) electrons. The summed E-state index contributed by atoms with van der Waals surface area (Å²) >= 11 is 0. The average molecular weight is 481 g/mol. The molecule has 0 aliphatic heterocycles. The van der Waals surface area contributed by atoms with E-state index in [1.807, 2.05) is 6.92 Å². The number of aromatic hydroxyl groups is 1. The maximum absolute atomic E-state index is 14.0. The number of hydrogen-bond acceptors (Lipinski definition) is 1. The Bertz CT molecular complexity index is 980. The van der Waals surface area contributed by atoms with Crippen molar-refractivity contribution in [2.75, 3.05) is 0 Å². The molecule has 0 fully saturated rings. The number of phenols is 1. The summed E-state index contributed by atoms with van der Waals surface area (Å²) in [6.07, 6.45) is -2.24. The standard InChI is InChI=1S/C28H40F3OP/c1-10-15-27(11-2,33-24-18(3)13-12-14-20(24)28(29,30)31)22-17-19(25(4,5)6)16-21(23(22)32)26(7,8)9/h12-14,16-17,32-33H,10-11,15H2,1-9H3. The molecule has 33 heavy (non-hydrogen) atoms. The van der Waals surface area contributed by atoms with E-state index in [-0.39, 0.29) is 25.2 Å². The van der Waals surface area contributed by atoms with Gasteiger partial charge in [-0.2, -0.15) is 13.2 Å². The van der Waals surface area contributed by atoms with E-state index in [1.165, 1.54) is 12.1 Å². The smallest absolute Gasteiger partial charge is 0.417 e. The van der Waals surface area contributed by atoms with Crippen molar-refractivity contribution in [3.63, 3.8) is 0 Å². The minimum absolute atomic E-state index is 0.103. The van der Waals surface area contributed by atoms with Gasteiger partial charge in [-0.25, -0.2) is 0 Å². The molecule has 2 aromatic rings. The van der Waals surface area contributed by atoms with E-state index in [4.69, 9.17) is 0 Å². The third-order valence-electron chi connectivity index (χ3n) is 6.52. The molecule has 0 amide bonds. The average Bonchev–Trinajstić information content (AvgIpc) is 2.66. The van der Waals surface area contributed by atoms with E-state index in [9.17, 15) is 18.3 Å². The molecule has 0 saturated heterocycles. The molecule has 2 aromatic carbocycles. The van der Waals surface area contributed by atoms with Crippen LogP contribution in [0.1, 0.15) is 102 Å². The van der Waals surface area contributed by atoms with Gasteiger partial charge in [0.15, 0.2) is 0 Å². The highest BCUT2D eigenvalue weighted by Crippen LogP contribution is 2.54. The first-order valence-corrected chi connectivity index (χ1v) is 12.8. The van der Waals surface area contributed by atoms with Crippen LogP contribution in [0, 0.1) is 6.92 Å².